The summed E-state index contributed by atoms with van der Waals surface area (Å²) in [4.78, 5) is 21.8. The van der Waals surface area contributed by atoms with E-state index in [2.05, 4.69) is 51.3 Å². The fourth-order valence-corrected chi connectivity index (χ4v) is 4.74. The predicted molar refractivity (Wildman–Crippen MR) is 153 cm³/mol. The molecule has 0 bridgehead atoms. The van der Waals surface area contributed by atoms with Gasteiger partial charge in [-0.1, -0.05) is 60.7 Å². The number of nitrogens with zero attached hydrogens (tertiary/aromatic N) is 3. The van der Waals surface area contributed by atoms with Gasteiger partial charge in [-0.05, 0) is 42.3 Å². The Hall–Kier alpha value is -3.98. The first-order valence-corrected chi connectivity index (χ1v) is 13.8. The fourth-order valence-electron chi connectivity index (χ4n) is 4.74. The maximum Gasteiger partial charge on any atom is 0.273 e. The lowest BCUT2D eigenvalue weighted by molar-refractivity contribution is 0.0383. The third-order valence-electron chi connectivity index (χ3n) is 7.03. The van der Waals surface area contributed by atoms with E-state index >= 15 is 0 Å². The fraction of sp³-hybridized carbons (Fsp3) is 0.312. The van der Waals surface area contributed by atoms with Crippen molar-refractivity contribution in [2.75, 3.05) is 39.4 Å². The summed E-state index contributed by atoms with van der Waals surface area (Å²) < 4.78 is 17.2. The Morgan fingerprint density at radius 1 is 0.975 bits per heavy atom. The Labute approximate surface area is 235 Å². The molecule has 1 fully saturated rings. The molecule has 2 heterocycles. The normalized spacial score (nSPS) is 14.7. The zero-order valence-electron chi connectivity index (χ0n) is 22.9. The lowest BCUT2D eigenvalue weighted by Gasteiger charge is -2.28. The zero-order chi connectivity index (χ0) is 27.6. The first-order valence-electron chi connectivity index (χ1n) is 13.8. The van der Waals surface area contributed by atoms with Crippen LogP contribution < -0.4 is 10.1 Å². The SMILES string of the molecule is C[C@H](c1ccccc1)N(Cc1cccc(Oc2ccccc2)c1)Cc1nc(C(=O)NCCN2CCOCC2)co1. The number of para-hydroxylation sites is 1. The Morgan fingerprint density at radius 2 is 1.70 bits per heavy atom. The lowest BCUT2D eigenvalue weighted by Crippen LogP contribution is -2.41. The summed E-state index contributed by atoms with van der Waals surface area (Å²) in [5, 5.41) is 2.96. The summed E-state index contributed by atoms with van der Waals surface area (Å²) in [7, 11) is 0. The van der Waals surface area contributed by atoms with Crippen LogP contribution in [0.25, 0.3) is 0 Å². The molecule has 0 unspecified atom stereocenters. The highest BCUT2D eigenvalue weighted by Gasteiger charge is 2.21. The van der Waals surface area contributed by atoms with Crippen molar-refractivity contribution >= 4 is 5.91 Å². The van der Waals surface area contributed by atoms with Crippen LogP contribution in [0.3, 0.4) is 0 Å². The summed E-state index contributed by atoms with van der Waals surface area (Å²) in [5.74, 6) is 1.85. The van der Waals surface area contributed by atoms with E-state index in [1.165, 1.54) is 11.8 Å². The molecule has 1 aromatic heterocycles. The summed E-state index contributed by atoms with van der Waals surface area (Å²) in [5.41, 5.74) is 2.58. The number of hydrogen-bond acceptors (Lipinski definition) is 7. The van der Waals surface area contributed by atoms with Gasteiger partial charge in [-0.3, -0.25) is 14.6 Å². The molecule has 0 radical (unpaired) electrons. The number of amides is 1. The molecule has 1 atom stereocenters. The van der Waals surface area contributed by atoms with Gasteiger partial charge in [-0.25, -0.2) is 4.98 Å². The van der Waals surface area contributed by atoms with Crippen molar-refractivity contribution in [1.82, 2.24) is 20.1 Å². The van der Waals surface area contributed by atoms with Gasteiger partial charge in [0.05, 0.1) is 19.8 Å². The van der Waals surface area contributed by atoms with E-state index in [0.717, 1.165) is 49.9 Å². The van der Waals surface area contributed by atoms with Gasteiger partial charge in [-0.15, -0.1) is 0 Å². The number of ether oxygens (including phenoxy) is 2. The van der Waals surface area contributed by atoms with Crippen molar-refractivity contribution in [2.45, 2.75) is 26.1 Å². The molecule has 1 aliphatic heterocycles. The Balaban J connectivity index is 1.25. The molecule has 8 heteroatoms. The van der Waals surface area contributed by atoms with Gasteiger partial charge >= 0.3 is 0 Å². The lowest BCUT2D eigenvalue weighted by atomic mass is 10.1. The summed E-state index contributed by atoms with van der Waals surface area (Å²) >= 11 is 0. The van der Waals surface area contributed by atoms with Crippen LogP contribution in [-0.2, 0) is 17.8 Å². The van der Waals surface area contributed by atoms with Crippen LogP contribution in [0, 0.1) is 0 Å². The average molecular weight is 541 g/mol. The first-order chi connectivity index (χ1) is 19.6. The highest BCUT2D eigenvalue weighted by Crippen LogP contribution is 2.27. The molecule has 0 saturated carbocycles. The topological polar surface area (TPSA) is 80.1 Å². The van der Waals surface area contributed by atoms with Crippen molar-refractivity contribution in [3.8, 4) is 11.5 Å². The molecule has 208 valence electrons. The molecular formula is C32H36N4O4. The minimum Gasteiger partial charge on any atom is -0.457 e. The molecule has 0 aliphatic carbocycles. The summed E-state index contributed by atoms with van der Waals surface area (Å²) in [6.07, 6.45) is 1.44. The third kappa shape index (κ3) is 7.79. The van der Waals surface area contributed by atoms with Crippen LogP contribution in [0.2, 0.25) is 0 Å². The molecule has 1 aliphatic rings. The Morgan fingerprint density at radius 3 is 2.48 bits per heavy atom. The van der Waals surface area contributed by atoms with Crippen molar-refractivity contribution in [3.05, 3.63) is 114 Å². The van der Waals surface area contributed by atoms with E-state index in [9.17, 15) is 4.79 Å². The molecular weight excluding hydrogens is 504 g/mol. The molecule has 0 spiro atoms. The van der Waals surface area contributed by atoms with Gasteiger partial charge in [0, 0.05) is 38.8 Å². The summed E-state index contributed by atoms with van der Waals surface area (Å²) in [6.45, 7) is 7.86. The van der Waals surface area contributed by atoms with Crippen LogP contribution in [-0.4, -0.2) is 60.1 Å². The second kappa shape index (κ2) is 13.9. The minimum absolute atomic E-state index is 0.0811. The van der Waals surface area contributed by atoms with Gasteiger partial charge in [0.25, 0.3) is 5.91 Å². The highest BCUT2D eigenvalue weighted by atomic mass is 16.5. The van der Waals surface area contributed by atoms with Gasteiger partial charge in [0.1, 0.15) is 17.8 Å². The molecule has 1 amide bonds. The molecule has 40 heavy (non-hydrogen) atoms. The number of rotatable bonds is 12. The van der Waals surface area contributed by atoms with Crippen LogP contribution in [0.4, 0.5) is 0 Å². The molecule has 5 rings (SSSR count). The Kier molecular flexibility index (Phi) is 9.58. The van der Waals surface area contributed by atoms with Crippen LogP contribution in [0.15, 0.2) is 95.6 Å². The Bertz CT molecular complexity index is 1340. The van der Waals surface area contributed by atoms with Gasteiger partial charge < -0.3 is 19.2 Å². The van der Waals surface area contributed by atoms with E-state index in [-0.39, 0.29) is 11.9 Å². The molecule has 1 saturated heterocycles. The first kappa shape index (κ1) is 27.6. The van der Waals surface area contributed by atoms with Crippen LogP contribution in [0.5, 0.6) is 11.5 Å². The number of benzene rings is 3. The minimum atomic E-state index is -0.225. The monoisotopic (exact) mass is 540 g/mol. The smallest absolute Gasteiger partial charge is 0.273 e. The van der Waals surface area contributed by atoms with Crippen molar-refractivity contribution in [2.24, 2.45) is 0 Å². The maximum atomic E-state index is 12.7. The van der Waals surface area contributed by atoms with Crippen molar-refractivity contribution in [1.29, 1.82) is 0 Å². The number of carbonyl (C=O) groups is 1. The number of hydrogen-bond donors (Lipinski definition) is 1. The van der Waals surface area contributed by atoms with Crippen molar-refractivity contribution in [3.63, 3.8) is 0 Å². The molecule has 1 N–H and O–H groups in total. The number of carbonyl (C=O) groups excluding carboxylic acids is 1. The number of aromatic nitrogens is 1. The standard InChI is InChI=1S/C32H36N4O4/c1-25(27-10-4-2-5-11-27)36(22-26-9-8-14-29(21-26)40-28-12-6-3-7-13-28)23-31-34-30(24-39-31)32(37)33-15-16-35-17-19-38-20-18-35/h2-14,21,24-25H,15-20,22-23H2,1H3,(H,33,37)/t25-/m1/s1. The van der Waals surface area contributed by atoms with Crippen molar-refractivity contribution < 1.29 is 18.7 Å². The molecule has 4 aromatic rings. The predicted octanol–water partition coefficient (Wildman–Crippen LogP) is 5.29. The van der Waals surface area contributed by atoms with E-state index in [0.29, 0.717) is 31.2 Å². The summed E-state index contributed by atoms with van der Waals surface area (Å²) in [6, 6.07) is 28.3. The van der Waals surface area contributed by atoms with E-state index < -0.39 is 0 Å². The number of nitrogens with one attached hydrogen (secondary N) is 1. The number of oxazole rings is 1. The highest BCUT2D eigenvalue weighted by molar-refractivity contribution is 5.91. The number of morpholine rings is 1. The second-order valence-electron chi connectivity index (χ2n) is 9.89. The quantitative estimate of drug-likeness (QED) is 0.261. The van der Waals surface area contributed by atoms with E-state index in [1.807, 2.05) is 60.7 Å². The third-order valence-corrected chi connectivity index (χ3v) is 7.03. The largest absolute Gasteiger partial charge is 0.457 e. The van der Waals surface area contributed by atoms with Crippen LogP contribution >= 0.6 is 0 Å². The maximum absolute atomic E-state index is 12.7. The zero-order valence-corrected chi connectivity index (χ0v) is 22.9. The van der Waals surface area contributed by atoms with Gasteiger partial charge in [0.15, 0.2) is 5.69 Å². The molecule has 3 aromatic carbocycles. The van der Waals surface area contributed by atoms with Gasteiger partial charge in [-0.2, -0.15) is 0 Å². The van der Waals surface area contributed by atoms with E-state index in [1.54, 1.807) is 0 Å². The van der Waals surface area contributed by atoms with E-state index in [4.69, 9.17) is 13.9 Å². The average Bonchev–Trinajstić information content (AvgIpc) is 3.47. The molecule has 8 nitrogen and oxygen atoms in total. The second-order valence-corrected chi connectivity index (χ2v) is 9.89. The van der Waals surface area contributed by atoms with Gasteiger partial charge in [0.2, 0.25) is 5.89 Å². The van der Waals surface area contributed by atoms with Crippen LogP contribution in [0.1, 0.15) is 40.5 Å².